The first-order valence-corrected chi connectivity index (χ1v) is 17.0. The van der Waals surface area contributed by atoms with Crippen molar-refractivity contribution >= 4 is 39.0 Å². The Morgan fingerprint density at radius 1 is 0.300 bits per heavy atom. The highest BCUT2D eigenvalue weighted by Gasteiger charge is 2.22. The number of furan rings is 1. The zero-order valence-corrected chi connectivity index (χ0v) is 27.4. The molecule has 1 aromatic heterocycles. The van der Waals surface area contributed by atoms with Crippen molar-refractivity contribution in [3.63, 3.8) is 0 Å². The molecule has 0 bridgehead atoms. The predicted molar refractivity (Wildman–Crippen MR) is 210 cm³/mol. The van der Waals surface area contributed by atoms with Crippen LogP contribution in [-0.4, -0.2) is 0 Å². The fourth-order valence-corrected chi connectivity index (χ4v) is 7.08. The van der Waals surface area contributed by atoms with Crippen LogP contribution in [0, 0.1) is 0 Å². The average molecular weight is 640 g/mol. The maximum absolute atomic E-state index is 6.45. The highest BCUT2D eigenvalue weighted by Crippen LogP contribution is 2.46. The largest absolute Gasteiger partial charge is 0.456 e. The lowest BCUT2D eigenvalue weighted by atomic mass is 9.95. The molecule has 0 radical (unpaired) electrons. The van der Waals surface area contributed by atoms with Crippen molar-refractivity contribution in [2.24, 2.45) is 0 Å². The van der Waals surface area contributed by atoms with Crippen LogP contribution in [0.4, 0.5) is 17.1 Å². The number of para-hydroxylation sites is 3. The van der Waals surface area contributed by atoms with Gasteiger partial charge in [-0.05, 0) is 75.8 Å². The van der Waals surface area contributed by atoms with E-state index in [9.17, 15) is 0 Å². The lowest BCUT2D eigenvalue weighted by Gasteiger charge is -2.30. The molecule has 0 atom stereocenters. The number of benzene rings is 8. The van der Waals surface area contributed by atoms with Gasteiger partial charge in [0.1, 0.15) is 11.2 Å². The van der Waals surface area contributed by atoms with Gasteiger partial charge in [-0.1, -0.05) is 152 Å². The minimum absolute atomic E-state index is 0.862. The van der Waals surface area contributed by atoms with E-state index in [0.717, 1.165) is 61.3 Å². The summed E-state index contributed by atoms with van der Waals surface area (Å²) < 4.78 is 6.45. The van der Waals surface area contributed by atoms with Gasteiger partial charge in [-0.25, -0.2) is 0 Å². The fourth-order valence-electron chi connectivity index (χ4n) is 7.08. The first-order valence-electron chi connectivity index (χ1n) is 17.0. The second-order valence-corrected chi connectivity index (χ2v) is 12.5. The van der Waals surface area contributed by atoms with Crippen molar-refractivity contribution in [2.45, 2.75) is 0 Å². The molecule has 1 heterocycles. The molecule has 0 aliphatic rings. The molecule has 2 nitrogen and oxygen atoms in total. The van der Waals surface area contributed by atoms with Gasteiger partial charge in [0.25, 0.3) is 0 Å². The first-order chi connectivity index (χ1) is 24.8. The van der Waals surface area contributed by atoms with Crippen LogP contribution in [0.1, 0.15) is 0 Å². The third kappa shape index (κ3) is 5.43. The van der Waals surface area contributed by atoms with Crippen molar-refractivity contribution in [1.29, 1.82) is 0 Å². The number of hydrogen-bond donors (Lipinski definition) is 0. The smallest absolute Gasteiger partial charge is 0.137 e. The summed E-state index contributed by atoms with van der Waals surface area (Å²) >= 11 is 0. The van der Waals surface area contributed by atoms with Crippen molar-refractivity contribution < 1.29 is 4.42 Å². The van der Waals surface area contributed by atoms with E-state index in [0.29, 0.717) is 0 Å². The molecule has 0 saturated heterocycles. The van der Waals surface area contributed by atoms with Crippen LogP contribution in [0.5, 0.6) is 0 Å². The summed E-state index contributed by atoms with van der Waals surface area (Å²) in [6.45, 7) is 0. The Bertz CT molecular complexity index is 2470. The Morgan fingerprint density at radius 3 is 1.36 bits per heavy atom. The quantitative estimate of drug-likeness (QED) is 0.173. The van der Waals surface area contributed by atoms with Crippen LogP contribution in [-0.2, 0) is 0 Å². The summed E-state index contributed by atoms with van der Waals surface area (Å²) in [4.78, 5) is 2.39. The lowest BCUT2D eigenvalue weighted by molar-refractivity contribution is 0.669. The molecule has 8 aromatic carbocycles. The minimum atomic E-state index is 0.862. The van der Waals surface area contributed by atoms with Gasteiger partial charge in [0.05, 0.1) is 11.4 Å². The molecular weight excluding hydrogens is 607 g/mol. The molecule has 0 unspecified atom stereocenters. The van der Waals surface area contributed by atoms with E-state index >= 15 is 0 Å². The van der Waals surface area contributed by atoms with Crippen LogP contribution >= 0.6 is 0 Å². The Balaban J connectivity index is 1.26. The van der Waals surface area contributed by atoms with Gasteiger partial charge in [0, 0.05) is 33.7 Å². The zero-order chi connectivity index (χ0) is 33.3. The molecule has 0 fully saturated rings. The Hall–Kier alpha value is -6.64. The third-order valence-electron chi connectivity index (χ3n) is 9.47. The second-order valence-electron chi connectivity index (χ2n) is 12.5. The Labute approximate surface area is 292 Å². The fraction of sp³-hybridized carbons (Fsp3) is 0. The summed E-state index contributed by atoms with van der Waals surface area (Å²) in [5, 5.41) is 2.23. The zero-order valence-electron chi connectivity index (χ0n) is 27.4. The summed E-state index contributed by atoms with van der Waals surface area (Å²) in [6, 6.07) is 71.1. The lowest BCUT2D eigenvalue weighted by Crippen LogP contribution is -2.12. The minimum Gasteiger partial charge on any atom is -0.456 e. The summed E-state index contributed by atoms with van der Waals surface area (Å²) in [7, 11) is 0. The first kappa shape index (κ1) is 29.5. The molecule has 9 rings (SSSR count). The number of nitrogens with zero attached hydrogens (tertiary/aromatic N) is 1. The van der Waals surface area contributed by atoms with Crippen molar-refractivity contribution in [1.82, 2.24) is 0 Å². The van der Waals surface area contributed by atoms with Gasteiger partial charge in [-0.2, -0.15) is 0 Å². The van der Waals surface area contributed by atoms with Gasteiger partial charge in [0.15, 0.2) is 0 Å². The topological polar surface area (TPSA) is 16.4 Å². The van der Waals surface area contributed by atoms with Gasteiger partial charge < -0.3 is 9.32 Å². The van der Waals surface area contributed by atoms with Crippen molar-refractivity contribution in [3.05, 3.63) is 200 Å². The van der Waals surface area contributed by atoms with Crippen LogP contribution in [0.15, 0.2) is 205 Å². The van der Waals surface area contributed by atoms with E-state index in [2.05, 4.69) is 193 Å². The molecule has 0 aliphatic carbocycles. The molecule has 0 spiro atoms. The molecule has 9 aromatic rings. The van der Waals surface area contributed by atoms with E-state index < -0.39 is 0 Å². The molecule has 0 saturated carbocycles. The van der Waals surface area contributed by atoms with E-state index in [4.69, 9.17) is 4.42 Å². The maximum Gasteiger partial charge on any atom is 0.137 e. The number of anilines is 3. The maximum atomic E-state index is 6.45. The van der Waals surface area contributed by atoms with E-state index in [1.54, 1.807) is 0 Å². The molecule has 0 aliphatic heterocycles. The normalized spacial score (nSPS) is 11.2. The average Bonchev–Trinajstić information content (AvgIpc) is 3.57. The van der Waals surface area contributed by atoms with Crippen LogP contribution in [0.2, 0.25) is 0 Å². The van der Waals surface area contributed by atoms with Crippen LogP contribution < -0.4 is 4.90 Å². The van der Waals surface area contributed by atoms with Gasteiger partial charge in [-0.15, -0.1) is 0 Å². The summed E-state index contributed by atoms with van der Waals surface area (Å²) in [5.74, 6) is 0. The summed E-state index contributed by atoms with van der Waals surface area (Å²) in [6.07, 6.45) is 0. The molecule has 50 heavy (non-hydrogen) atoms. The van der Waals surface area contributed by atoms with E-state index in [1.807, 2.05) is 12.1 Å². The molecule has 0 N–H and O–H groups in total. The monoisotopic (exact) mass is 639 g/mol. The van der Waals surface area contributed by atoms with Gasteiger partial charge in [0.2, 0.25) is 0 Å². The number of fused-ring (bicyclic) bond motifs is 3. The molecular formula is C48H33NO. The van der Waals surface area contributed by atoms with Gasteiger partial charge >= 0.3 is 0 Å². The van der Waals surface area contributed by atoms with Gasteiger partial charge in [-0.3, -0.25) is 0 Å². The number of hydrogen-bond acceptors (Lipinski definition) is 2. The number of rotatable bonds is 7. The van der Waals surface area contributed by atoms with Crippen molar-refractivity contribution in [2.75, 3.05) is 4.90 Å². The molecule has 0 amide bonds. The predicted octanol–water partition coefficient (Wildman–Crippen LogP) is 13.7. The third-order valence-corrected chi connectivity index (χ3v) is 9.47. The van der Waals surface area contributed by atoms with E-state index in [-0.39, 0.29) is 0 Å². The van der Waals surface area contributed by atoms with Crippen LogP contribution in [0.25, 0.3) is 66.4 Å². The van der Waals surface area contributed by atoms with Crippen molar-refractivity contribution in [3.8, 4) is 44.5 Å². The SMILES string of the molecule is c1ccc(-c2cccc(-c3ccccc3N(c3ccc4c(c3)oc3ccccc34)c3ccccc3-c3cccc(-c4ccccc4)c3)c2)cc1. The highest BCUT2D eigenvalue weighted by molar-refractivity contribution is 6.06. The standard InChI is InChI=1S/C48H33NO/c1-3-15-34(16-4-1)36-19-13-21-38(31-36)41-23-7-10-26-45(41)49(40-29-30-44-43-25-9-12-28-47(43)50-48(44)33-40)46-27-11-8-24-42(46)39-22-14-20-37(32-39)35-17-5-2-6-18-35/h1-33H. The van der Waals surface area contributed by atoms with Crippen LogP contribution in [0.3, 0.4) is 0 Å². The Morgan fingerprint density at radius 2 is 0.760 bits per heavy atom. The second kappa shape index (κ2) is 12.8. The highest BCUT2D eigenvalue weighted by atomic mass is 16.3. The Kier molecular flexibility index (Phi) is 7.53. The molecule has 2 heteroatoms. The molecule has 236 valence electrons. The van der Waals surface area contributed by atoms with E-state index in [1.165, 1.54) is 22.3 Å². The summed E-state index contributed by atoms with van der Waals surface area (Å²) in [5.41, 5.74) is 14.3.